The van der Waals surface area contributed by atoms with Crippen LogP contribution in [0, 0.1) is 0 Å². The van der Waals surface area contributed by atoms with Crippen LogP contribution >= 0.6 is 34.8 Å². The Morgan fingerprint density at radius 1 is 0.960 bits per heavy atom. The van der Waals surface area contributed by atoms with Gasteiger partial charge in [0.25, 0.3) is 5.91 Å². The molecule has 3 rings (SSSR count). The van der Waals surface area contributed by atoms with E-state index >= 15 is 0 Å². The summed E-state index contributed by atoms with van der Waals surface area (Å²) in [6.45, 7) is 0. The molecule has 126 valence electrons. The van der Waals surface area contributed by atoms with Crippen LogP contribution in [-0.2, 0) is 0 Å². The number of hydrogen-bond acceptors (Lipinski definition) is 4. The minimum Gasteiger partial charge on any atom is -0.323 e. The predicted octanol–water partition coefficient (Wildman–Crippen LogP) is 5.43. The molecule has 0 spiro atoms. The van der Waals surface area contributed by atoms with Gasteiger partial charge in [-0.25, -0.2) is 9.97 Å². The maximum atomic E-state index is 12.3. The van der Waals surface area contributed by atoms with Crippen LogP contribution in [0.3, 0.4) is 0 Å². The zero-order chi connectivity index (χ0) is 17.8. The van der Waals surface area contributed by atoms with Gasteiger partial charge in [-0.1, -0.05) is 40.9 Å². The maximum absolute atomic E-state index is 12.3. The molecule has 3 aromatic rings. The van der Waals surface area contributed by atoms with Crippen LogP contribution in [0.5, 0.6) is 0 Å². The molecule has 5 nitrogen and oxygen atoms in total. The van der Waals surface area contributed by atoms with E-state index in [9.17, 15) is 4.79 Å². The summed E-state index contributed by atoms with van der Waals surface area (Å²) in [4.78, 5) is 20.6. The van der Waals surface area contributed by atoms with Gasteiger partial charge in [0.2, 0.25) is 5.95 Å². The highest BCUT2D eigenvalue weighted by Gasteiger charge is 2.10. The first-order chi connectivity index (χ1) is 12.0. The molecule has 0 radical (unpaired) electrons. The number of hydrogen-bond donors (Lipinski definition) is 2. The van der Waals surface area contributed by atoms with E-state index in [0.29, 0.717) is 26.4 Å². The van der Waals surface area contributed by atoms with Gasteiger partial charge >= 0.3 is 0 Å². The Kier molecular flexibility index (Phi) is 5.38. The average molecular weight is 394 g/mol. The average Bonchev–Trinajstić information content (AvgIpc) is 2.58. The van der Waals surface area contributed by atoms with E-state index < -0.39 is 0 Å². The van der Waals surface area contributed by atoms with Crippen LogP contribution in [0.1, 0.15) is 10.5 Å². The van der Waals surface area contributed by atoms with Gasteiger partial charge < -0.3 is 10.6 Å². The molecule has 2 aromatic carbocycles. The molecule has 0 aliphatic heterocycles. The van der Waals surface area contributed by atoms with E-state index in [2.05, 4.69) is 20.6 Å². The highest BCUT2D eigenvalue weighted by atomic mass is 35.5. The first-order valence-electron chi connectivity index (χ1n) is 7.13. The van der Waals surface area contributed by atoms with Crippen LogP contribution in [0.15, 0.2) is 54.7 Å². The standard InChI is InChI=1S/C17H11Cl3N4O/c18-10-2-1-3-12(8-10)22-16(25)15-6-7-21-17(24-15)23-14-5-4-11(19)9-13(14)20/h1-9H,(H,22,25)(H,21,23,24). The number of aromatic nitrogens is 2. The number of halogens is 3. The molecule has 0 aliphatic carbocycles. The Bertz CT molecular complexity index is 933. The SMILES string of the molecule is O=C(Nc1cccc(Cl)c1)c1ccnc(Nc2ccc(Cl)cc2Cl)n1. The highest BCUT2D eigenvalue weighted by Crippen LogP contribution is 2.27. The van der Waals surface area contributed by atoms with Crippen molar-refractivity contribution >= 4 is 58.0 Å². The molecule has 25 heavy (non-hydrogen) atoms. The molecule has 1 aromatic heterocycles. The van der Waals surface area contributed by atoms with Crippen molar-refractivity contribution in [2.45, 2.75) is 0 Å². The van der Waals surface area contributed by atoms with Gasteiger partial charge in [-0.2, -0.15) is 0 Å². The zero-order valence-corrected chi connectivity index (χ0v) is 14.9. The molecule has 0 bridgehead atoms. The summed E-state index contributed by atoms with van der Waals surface area (Å²) in [5.74, 6) is -0.141. The van der Waals surface area contributed by atoms with Crippen molar-refractivity contribution in [3.05, 3.63) is 75.5 Å². The van der Waals surface area contributed by atoms with Gasteiger partial charge in [-0.15, -0.1) is 0 Å². The van der Waals surface area contributed by atoms with E-state index in [4.69, 9.17) is 34.8 Å². The molecule has 0 saturated heterocycles. The number of benzene rings is 2. The summed E-state index contributed by atoms with van der Waals surface area (Å²) in [6, 6.07) is 13.3. The summed E-state index contributed by atoms with van der Waals surface area (Å²) >= 11 is 17.9. The molecular weight excluding hydrogens is 383 g/mol. The summed E-state index contributed by atoms with van der Waals surface area (Å²) < 4.78 is 0. The summed E-state index contributed by atoms with van der Waals surface area (Å²) in [5.41, 5.74) is 1.35. The largest absolute Gasteiger partial charge is 0.323 e. The monoisotopic (exact) mass is 392 g/mol. The number of nitrogens with one attached hydrogen (secondary N) is 2. The highest BCUT2D eigenvalue weighted by molar-refractivity contribution is 6.36. The zero-order valence-electron chi connectivity index (χ0n) is 12.6. The van der Waals surface area contributed by atoms with Crippen molar-refractivity contribution in [2.75, 3.05) is 10.6 Å². The molecule has 0 atom stereocenters. The Morgan fingerprint density at radius 3 is 2.52 bits per heavy atom. The number of rotatable bonds is 4. The van der Waals surface area contributed by atoms with E-state index in [0.717, 1.165) is 0 Å². The fraction of sp³-hybridized carbons (Fsp3) is 0. The second kappa shape index (κ2) is 7.70. The van der Waals surface area contributed by atoms with Crippen LogP contribution in [0.2, 0.25) is 15.1 Å². The molecular formula is C17H11Cl3N4O. The number of carbonyl (C=O) groups excluding carboxylic acids is 1. The molecule has 0 unspecified atom stereocenters. The molecule has 0 aliphatic rings. The third kappa shape index (κ3) is 4.60. The van der Waals surface area contributed by atoms with E-state index in [1.54, 1.807) is 42.5 Å². The minimum atomic E-state index is -0.380. The van der Waals surface area contributed by atoms with Gasteiger partial charge in [-0.3, -0.25) is 4.79 Å². The van der Waals surface area contributed by atoms with Crippen molar-refractivity contribution in [3.63, 3.8) is 0 Å². The Labute approximate surface area is 159 Å². The van der Waals surface area contributed by atoms with Crippen molar-refractivity contribution < 1.29 is 4.79 Å². The van der Waals surface area contributed by atoms with Gasteiger partial charge in [0.15, 0.2) is 0 Å². The number of amides is 1. The first kappa shape index (κ1) is 17.5. The smallest absolute Gasteiger partial charge is 0.274 e. The first-order valence-corrected chi connectivity index (χ1v) is 8.27. The number of carbonyl (C=O) groups is 1. The quantitative estimate of drug-likeness (QED) is 0.620. The number of nitrogens with zero attached hydrogens (tertiary/aromatic N) is 2. The van der Waals surface area contributed by atoms with Crippen molar-refractivity contribution in [2.24, 2.45) is 0 Å². The van der Waals surface area contributed by atoms with E-state index in [1.165, 1.54) is 12.3 Å². The van der Waals surface area contributed by atoms with Crippen LogP contribution in [-0.4, -0.2) is 15.9 Å². The summed E-state index contributed by atoms with van der Waals surface area (Å²) in [5, 5.41) is 7.15. The lowest BCUT2D eigenvalue weighted by Crippen LogP contribution is -2.14. The fourth-order valence-corrected chi connectivity index (χ4v) is 2.66. The minimum absolute atomic E-state index is 0.197. The van der Waals surface area contributed by atoms with Crippen LogP contribution < -0.4 is 10.6 Å². The lowest BCUT2D eigenvalue weighted by Gasteiger charge is -2.09. The lowest BCUT2D eigenvalue weighted by molar-refractivity contribution is 0.102. The summed E-state index contributed by atoms with van der Waals surface area (Å²) in [6.07, 6.45) is 1.48. The van der Waals surface area contributed by atoms with E-state index in [1.807, 2.05) is 0 Å². The molecule has 1 amide bonds. The van der Waals surface area contributed by atoms with Gasteiger partial charge in [0, 0.05) is 21.9 Å². The van der Waals surface area contributed by atoms with Crippen LogP contribution in [0.4, 0.5) is 17.3 Å². The van der Waals surface area contributed by atoms with Crippen molar-refractivity contribution in [1.82, 2.24) is 9.97 Å². The normalized spacial score (nSPS) is 10.4. The maximum Gasteiger partial charge on any atom is 0.274 e. The van der Waals surface area contributed by atoms with Gasteiger partial charge in [0.1, 0.15) is 5.69 Å². The Morgan fingerprint density at radius 2 is 1.76 bits per heavy atom. The second-order valence-electron chi connectivity index (χ2n) is 4.98. The number of anilines is 3. The molecule has 0 saturated carbocycles. The fourth-order valence-electron chi connectivity index (χ4n) is 2.02. The Balaban J connectivity index is 1.77. The molecule has 2 N–H and O–H groups in total. The second-order valence-corrected chi connectivity index (χ2v) is 6.26. The third-order valence-electron chi connectivity index (χ3n) is 3.15. The van der Waals surface area contributed by atoms with E-state index in [-0.39, 0.29) is 17.5 Å². The summed E-state index contributed by atoms with van der Waals surface area (Å²) in [7, 11) is 0. The third-order valence-corrected chi connectivity index (χ3v) is 3.93. The van der Waals surface area contributed by atoms with Crippen molar-refractivity contribution in [1.29, 1.82) is 0 Å². The van der Waals surface area contributed by atoms with Gasteiger partial charge in [0.05, 0.1) is 10.7 Å². The van der Waals surface area contributed by atoms with Gasteiger partial charge in [-0.05, 0) is 42.5 Å². The molecule has 1 heterocycles. The van der Waals surface area contributed by atoms with Crippen LogP contribution in [0.25, 0.3) is 0 Å². The molecule has 8 heteroatoms. The Hall–Kier alpha value is -2.34. The predicted molar refractivity (Wildman–Crippen MR) is 101 cm³/mol. The van der Waals surface area contributed by atoms with Crippen molar-refractivity contribution in [3.8, 4) is 0 Å². The topological polar surface area (TPSA) is 66.9 Å². The molecule has 0 fully saturated rings. The lowest BCUT2D eigenvalue weighted by atomic mass is 10.3.